The van der Waals surface area contributed by atoms with Crippen LogP contribution >= 0.6 is 11.6 Å². The number of H-pyrrole nitrogens is 1. The number of rotatable bonds is 4. The number of hydrogen-bond acceptors (Lipinski definition) is 4. The molecule has 7 heteroatoms. The lowest BCUT2D eigenvalue weighted by Gasteiger charge is -2.24. The number of aromatic amines is 1. The van der Waals surface area contributed by atoms with E-state index < -0.39 is 17.7 Å². The molecule has 0 saturated carbocycles. The van der Waals surface area contributed by atoms with Crippen LogP contribution in [-0.2, 0) is 16.1 Å². The molecule has 5 rings (SSSR count). The summed E-state index contributed by atoms with van der Waals surface area (Å²) in [4.78, 5) is 30.8. The predicted molar refractivity (Wildman–Crippen MR) is 116 cm³/mol. The maximum Gasteiger partial charge on any atom is 0.296 e. The van der Waals surface area contributed by atoms with Crippen LogP contribution in [-0.4, -0.2) is 26.7 Å². The predicted octanol–water partition coefficient (Wildman–Crippen LogP) is 5.04. The Morgan fingerprint density at radius 2 is 1.94 bits per heavy atom. The van der Waals surface area contributed by atoms with Gasteiger partial charge in [-0.3, -0.25) is 9.59 Å². The van der Waals surface area contributed by atoms with Gasteiger partial charge in [-0.25, -0.2) is 0 Å². The third-order valence-electron chi connectivity index (χ3n) is 5.46. The maximum absolute atomic E-state index is 13.1. The zero-order valence-corrected chi connectivity index (χ0v) is 17.0. The summed E-state index contributed by atoms with van der Waals surface area (Å²) in [6.07, 6.45) is 3.28. The van der Waals surface area contributed by atoms with Gasteiger partial charge in [0.05, 0.1) is 24.4 Å². The number of furan rings is 1. The summed E-state index contributed by atoms with van der Waals surface area (Å²) >= 11 is 6.08. The zero-order chi connectivity index (χ0) is 21.5. The summed E-state index contributed by atoms with van der Waals surface area (Å²) < 4.78 is 5.42. The molecule has 31 heavy (non-hydrogen) atoms. The molecule has 0 spiro atoms. The highest BCUT2D eigenvalue weighted by molar-refractivity contribution is 6.46. The van der Waals surface area contributed by atoms with Gasteiger partial charge < -0.3 is 19.4 Å². The number of nitrogens with zero attached hydrogens (tertiary/aromatic N) is 1. The van der Waals surface area contributed by atoms with Crippen molar-refractivity contribution in [1.29, 1.82) is 0 Å². The van der Waals surface area contributed by atoms with Crippen molar-refractivity contribution in [3.8, 4) is 0 Å². The second-order valence-electron chi connectivity index (χ2n) is 7.31. The first-order valence-electron chi connectivity index (χ1n) is 9.67. The van der Waals surface area contributed by atoms with E-state index in [2.05, 4.69) is 4.98 Å². The quantitative estimate of drug-likeness (QED) is 0.269. The third kappa shape index (κ3) is 3.21. The molecule has 0 bridgehead atoms. The van der Waals surface area contributed by atoms with E-state index in [1.165, 1.54) is 11.2 Å². The summed E-state index contributed by atoms with van der Waals surface area (Å²) in [6.45, 7) is 0.0913. The van der Waals surface area contributed by atoms with E-state index in [4.69, 9.17) is 16.0 Å². The molecule has 3 heterocycles. The number of hydrogen-bond donors (Lipinski definition) is 2. The fourth-order valence-electron chi connectivity index (χ4n) is 4.05. The van der Waals surface area contributed by atoms with Crippen molar-refractivity contribution in [1.82, 2.24) is 9.88 Å². The first-order valence-corrected chi connectivity index (χ1v) is 10.0. The van der Waals surface area contributed by atoms with E-state index in [0.29, 0.717) is 21.9 Å². The monoisotopic (exact) mass is 432 g/mol. The molecular weight excluding hydrogens is 416 g/mol. The Labute approximate surface area is 182 Å². The number of carbonyl (C=O) groups excluding carboxylic acids is 2. The number of likely N-dealkylation sites (tertiary alicyclic amines) is 1. The maximum atomic E-state index is 13.1. The van der Waals surface area contributed by atoms with Crippen LogP contribution in [0.15, 0.2) is 83.1 Å². The van der Waals surface area contributed by atoms with E-state index in [9.17, 15) is 14.7 Å². The van der Waals surface area contributed by atoms with Crippen LogP contribution < -0.4 is 0 Å². The van der Waals surface area contributed by atoms with Crippen molar-refractivity contribution in [2.45, 2.75) is 12.6 Å². The molecule has 2 aromatic heterocycles. The number of Topliss-reactive ketones (excluding diaryl/α,β-unsaturated/α-hetero) is 1. The molecule has 0 aliphatic carbocycles. The number of benzene rings is 2. The number of fused-ring (bicyclic) bond motifs is 1. The standard InChI is InChI=1S/C24H17ClN2O4/c25-15-6-3-5-14(11-15)22(28)20-21(18-12-26-19-9-2-1-8-17(18)19)27(24(30)23(20)29)13-16-7-4-10-31-16/h1-12,21,26,28H,13H2/b22-20+. The summed E-state index contributed by atoms with van der Waals surface area (Å²) in [5.41, 5.74) is 1.96. The van der Waals surface area contributed by atoms with Gasteiger partial charge in [0.2, 0.25) is 0 Å². The lowest BCUT2D eigenvalue weighted by molar-refractivity contribution is -0.140. The minimum absolute atomic E-state index is 0.0172. The van der Waals surface area contributed by atoms with Crippen LogP contribution in [0.3, 0.4) is 0 Å². The van der Waals surface area contributed by atoms with Crippen LogP contribution in [0.1, 0.15) is 22.9 Å². The molecule has 0 radical (unpaired) electrons. The molecule has 4 aromatic rings. The minimum Gasteiger partial charge on any atom is -0.507 e. The summed E-state index contributed by atoms with van der Waals surface area (Å²) in [5, 5.41) is 12.4. The van der Waals surface area contributed by atoms with Crippen LogP contribution in [0.2, 0.25) is 5.02 Å². The van der Waals surface area contributed by atoms with E-state index in [-0.39, 0.29) is 17.9 Å². The van der Waals surface area contributed by atoms with Gasteiger partial charge >= 0.3 is 0 Å². The number of amides is 1. The number of aromatic nitrogens is 1. The molecule has 1 amide bonds. The van der Waals surface area contributed by atoms with Crippen molar-refractivity contribution >= 4 is 40.0 Å². The smallest absolute Gasteiger partial charge is 0.296 e. The van der Waals surface area contributed by atoms with E-state index in [1.54, 1.807) is 42.6 Å². The first-order chi connectivity index (χ1) is 15.0. The van der Waals surface area contributed by atoms with Gasteiger partial charge in [-0.2, -0.15) is 0 Å². The Kier molecular flexibility index (Phi) is 4.64. The fraction of sp³-hybridized carbons (Fsp3) is 0.0833. The van der Waals surface area contributed by atoms with Gasteiger partial charge in [0, 0.05) is 33.2 Å². The van der Waals surface area contributed by atoms with Gasteiger partial charge in [0.1, 0.15) is 11.5 Å². The van der Waals surface area contributed by atoms with Gasteiger partial charge in [-0.05, 0) is 30.3 Å². The van der Waals surface area contributed by atoms with E-state index in [1.807, 2.05) is 24.3 Å². The number of halogens is 1. The average molecular weight is 433 g/mol. The Bertz CT molecular complexity index is 1340. The Hall–Kier alpha value is -3.77. The van der Waals surface area contributed by atoms with Gasteiger partial charge in [-0.1, -0.05) is 41.9 Å². The van der Waals surface area contributed by atoms with Crippen LogP contribution in [0.25, 0.3) is 16.7 Å². The second kappa shape index (κ2) is 7.49. The fourth-order valence-corrected chi connectivity index (χ4v) is 4.24. The first kappa shape index (κ1) is 19.2. The highest BCUT2D eigenvalue weighted by atomic mass is 35.5. The molecule has 1 unspecified atom stereocenters. The van der Waals surface area contributed by atoms with Crippen LogP contribution in [0.4, 0.5) is 0 Å². The number of para-hydroxylation sites is 1. The summed E-state index contributed by atoms with van der Waals surface area (Å²) in [7, 11) is 0. The number of carbonyl (C=O) groups is 2. The lowest BCUT2D eigenvalue weighted by atomic mass is 9.95. The van der Waals surface area contributed by atoms with E-state index >= 15 is 0 Å². The molecule has 154 valence electrons. The van der Waals surface area contributed by atoms with Crippen molar-refractivity contribution < 1.29 is 19.1 Å². The minimum atomic E-state index is -0.791. The third-order valence-corrected chi connectivity index (χ3v) is 5.70. The van der Waals surface area contributed by atoms with Crippen molar-refractivity contribution in [2.75, 3.05) is 0 Å². The zero-order valence-electron chi connectivity index (χ0n) is 16.2. The molecule has 2 aromatic carbocycles. The largest absolute Gasteiger partial charge is 0.507 e. The Morgan fingerprint density at radius 1 is 1.10 bits per heavy atom. The number of nitrogens with one attached hydrogen (secondary N) is 1. The van der Waals surface area contributed by atoms with Crippen molar-refractivity contribution in [3.63, 3.8) is 0 Å². The normalized spacial score (nSPS) is 18.2. The summed E-state index contributed by atoms with van der Waals surface area (Å²) in [5.74, 6) is -1.18. The van der Waals surface area contributed by atoms with Gasteiger partial charge in [-0.15, -0.1) is 0 Å². The number of aliphatic hydroxyl groups is 1. The SMILES string of the molecule is O=C1C(=O)N(Cc2ccco2)C(c2c[nH]c3ccccc23)/C1=C(\O)c1cccc(Cl)c1. The average Bonchev–Trinajstić information content (AvgIpc) is 3.49. The van der Waals surface area contributed by atoms with Crippen LogP contribution in [0.5, 0.6) is 0 Å². The highest BCUT2D eigenvalue weighted by Gasteiger charge is 2.47. The molecule has 1 saturated heterocycles. The molecular formula is C24H17ClN2O4. The van der Waals surface area contributed by atoms with Crippen LogP contribution in [0, 0.1) is 0 Å². The number of aliphatic hydroxyl groups excluding tert-OH is 1. The molecule has 2 N–H and O–H groups in total. The Balaban J connectivity index is 1.73. The van der Waals surface area contributed by atoms with Crippen molar-refractivity contribution in [2.24, 2.45) is 0 Å². The lowest BCUT2D eigenvalue weighted by Crippen LogP contribution is -2.29. The molecule has 1 aliphatic rings. The summed E-state index contributed by atoms with van der Waals surface area (Å²) in [6, 6.07) is 16.8. The number of ketones is 1. The molecule has 1 fully saturated rings. The van der Waals surface area contributed by atoms with E-state index in [0.717, 1.165) is 10.9 Å². The second-order valence-corrected chi connectivity index (χ2v) is 7.74. The van der Waals surface area contributed by atoms with Gasteiger partial charge in [0.25, 0.3) is 11.7 Å². The molecule has 6 nitrogen and oxygen atoms in total. The highest BCUT2D eigenvalue weighted by Crippen LogP contribution is 2.42. The van der Waals surface area contributed by atoms with Crippen molar-refractivity contribution in [3.05, 3.63) is 101 Å². The topological polar surface area (TPSA) is 86.5 Å². The molecule has 1 atom stereocenters. The van der Waals surface area contributed by atoms with Gasteiger partial charge in [0.15, 0.2) is 0 Å². The Morgan fingerprint density at radius 3 is 2.71 bits per heavy atom. The molecule has 1 aliphatic heterocycles.